The van der Waals surface area contributed by atoms with Crippen molar-refractivity contribution in [3.05, 3.63) is 54.1 Å². The summed E-state index contributed by atoms with van der Waals surface area (Å²) in [6.07, 6.45) is -0.227. The lowest BCUT2D eigenvalue weighted by molar-refractivity contribution is -0.157. The zero-order valence-electron chi connectivity index (χ0n) is 20.6. The van der Waals surface area contributed by atoms with Gasteiger partial charge in [-0.05, 0) is 37.1 Å². The fraction of sp³-hybridized carbons (Fsp3) is 0.440. The molecule has 2 aromatic rings. The van der Waals surface area contributed by atoms with Crippen LogP contribution in [-0.4, -0.2) is 82.5 Å². The Morgan fingerprint density at radius 2 is 1.71 bits per heavy atom. The Morgan fingerprint density at radius 3 is 2.31 bits per heavy atom. The van der Waals surface area contributed by atoms with Crippen LogP contribution in [0.3, 0.4) is 0 Å². The molecule has 190 valence electrons. The highest BCUT2D eigenvalue weighted by atomic mass is 32.2. The van der Waals surface area contributed by atoms with Crippen LogP contribution in [0.5, 0.6) is 5.75 Å². The van der Waals surface area contributed by atoms with Gasteiger partial charge in [0.25, 0.3) is 5.91 Å². The average molecular weight is 504 g/mol. The van der Waals surface area contributed by atoms with Crippen molar-refractivity contribution < 1.29 is 27.5 Å². The molecule has 9 nitrogen and oxygen atoms in total. The molecule has 1 heterocycles. The number of methoxy groups -OCH3 is 1. The van der Waals surface area contributed by atoms with E-state index in [-0.39, 0.29) is 10.8 Å². The standard InChI is InChI=1S/C25H33N3O6S/c1-19(34-20(2)29)25(30)28-16-14-27(15-17-28)23-18-22(10-11-24(23)33-4)35(31,32)26(3)13-12-21-8-6-5-7-9-21/h5-11,18-19H,12-17H2,1-4H3/t19-/m0/s1. The van der Waals surface area contributed by atoms with Crippen LogP contribution in [0.15, 0.2) is 53.4 Å². The second-order valence-corrected chi connectivity index (χ2v) is 10.5. The quantitative estimate of drug-likeness (QED) is 0.484. The molecule has 1 aliphatic rings. The number of rotatable bonds is 9. The van der Waals surface area contributed by atoms with Gasteiger partial charge < -0.3 is 19.3 Å². The van der Waals surface area contributed by atoms with Gasteiger partial charge in [-0.3, -0.25) is 9.59 Å². The highest BCUT2D eigenvalue weighted by Gasteiger charge is 2.29. The molecule has 0 N–H and O–H groups in total. The van der Waals surface area contributed by atoms with E-state index >= 15 is 0 Å². The summed E-state index contributed by atoms with van der Waals surface area (Å²) in [5.74, 6) is -0.187. The fourth-order valence-corrected chi connectivity index (χ4v) is 5.23. The Kier molecular flexibility index (Phi) is 8.74. The van der Waals surface area contributed by atoms with Crippen molar-refractivity contribution in [3.8, 4) is 5.75 Å². The lowest BCUT2D eigenvalue weighted by atomic mass is 10.2. The molecule has 1 amide bonds. The lowest BCUT2D eigenvalue weighted by Gasteiger charge is -2.37. The van der Waals surface area contributed by atoms with Gasteiger partial charge in [-0.15, -0.1) is 0 Å². The molecule has 10 heteroatoms. The topological polar surface area (TPSA) is 96.5 Å². The normalized spacial score (nSPS) is 15.1. The van der Waals surface area contributed by atoms with Gasteiger partial charge in [0.05, 0.1) is 17.7 Å². The van der Waals surface area contributed by atoms with Crippen molar-refractivity contribution in [3.63, 3.8) is 0 Å². The first kappa shape index (κ1) is 26.5. The monoisotopic (exact) mass is 503 g/mol. The summed E-state index contributed by atoms with van der Waals surface area (Å²) in [7, 11) is -0.583. The van der Waals surface area contributed by atoms with E-state index in [0.717, 1.165) is 5.56 Å². The van der Waals surface area contributed by atoms with Crippen molar-refractivity contribution in [2.45, 2.75) is 31.3 Å². The molecule has 0 saturated carbocycles. The van der Waals surface area contributed by atoms with Crippen molar-refractivity contribution in [1.82, 2.24) is 9.21 Å². The number of sulfonamides is 1. The van der Waals surface area contributed by atoms with Gasteiger partial charge in [-0.1, -0.05) is 30.3 Å². The molecule has 0 aliphatic carbocycles. The number of hydrogen-bond donors (Lipinski definition) is 0. The molecule has 2 aromatic carbocycles. The van der Waals surface area contributed by atoms with Crippen molar-refractivity contribution in [1.29, 1.82) is 0 Å². The Hall–Kier alpha value is -3.11. The van der Waals surface area contributed by atoms with Gasteiger partial charge in [0.2, 0.25) is 10.0 Å². The summed E-state index contributed by atoms with van der Waals surface area (Å²) in [5.41, 5.74) is 1.73. The molecule has 1 saturated heterocycles. The smallest absolute Gasteiger partial charge is 0.303 e. The third-order valence-electron chi connectivity index (χ3n) is 6.04. The zero-order valence-corrected chi connectivity index (χ0v) is 21.5. The minimum atomic E-state index is -3.70. The Morgan fingerprint density at radius 1 is 1.06 bits per heavy atom. The van der Waals surface area contributed by atoms with E-state index in [1.54, 1.807) is 44.2 Å². The number of hydrogen-bond acceptors (Lipinski definition) is 7. The maximum Gasteiger partial charge on any atom is 0.303 e. The van der Waals surface area contributed by atoms with E-state index in [1.807, 2.05) is 35.2 Å². The largest absolute Gasteiger partial charge is 0.495 e. The summed E-state index contributed by atoms with van der Waals surface area (Å²) in [6, 6.07) is 14.6. The molecule has 0 bridgehead atoms. The van der Waals surface area contributed by atoms with Crippen LogP contribution in [0.1, 0.15) is 19.4 Å². The van der Waals surface area contributed by atoms with Crippen LogP contribution < -0.4 is 9.64 Å². The molecule has 0 unspecified atom stereocenters. The molecule has 35 heavy (non-hydrogen) atoms. The van der Waals surface area contributed by atoms with Gasteiger partial charge >= 0.3 is 5.97 Å². The molecular formula is C25H33N3O6S. The Bertz CT molecular complexity index is 1130. The number of piperazine rings is 1. The molecule has 0 spiro atoms. The number of carbonyl (C=O) groups is 2. The minimum Gasteiger partial charge on any atom is -0.495 e. The van der Waals surface area contributed by atoms with Gasteiger partial charge in [0.15, 0.2) is 6.10 Å². The van der Waals surface area contributed by atoms with Crippen LogP contribution in [0.4, 0.5) is 5.69 Å². The fourth-order valence-electron chi connectivity index (χ4n) is 4.03. The van der Waals surface area contributed by atoms with Crippen LogP contribution in [-0.2, 0) is 30.8 Å². The first-order valence-corrected chi connectivity index (χ1v) is 13.0. The van der Waals surface area contributed by atoms with E-state index in [4.69, 9.17) is 9.47 Å². The van der Waals surface area contributed by atoms with Gasteiger partial charge in [0, 0.05) is 46.7 Å². The van der Waals surface area contributed by atoms with E-state index in [0.29, 0.717) is 50.6 Å². The van der Waals surface area contributed by atoms with Crippen LogP contribution in [0.2, 0.25) is 0 Å². The summed E-state index contributed by atoms with van der Waals surface area (Å²) < 4.78 is 38.4. The van der Waals surface area contributed by atoms with E-state index in [2.05, 4.69) is 0 Å². The SMILES string of the molecule is COc1ccc(S(=O)(=O)N(C)CCc2ccccc2)cc1N1CCN(C(=O)[C@H](C)OC(C)=O)CC1. The first-order valence-electron chi connectivity index (χ1n) is 11.5. The maximum absolute atomic E-state index is 13.3. The number of ether oxygens (including phenoxy) is 2. The number of amides is 1. The predicted octanol–water partition coefficient (Wildman–Crippen LogP) is 2.16. The molecular weight excluding hydrogens is 470 g/mol. The van der Waals surface area contributed by atoms with Crippen molar-refractivity contribution in [2.75, 3.05) is 51.8 Å². The zero-order chi connectivity index (χ0) is 25.6. The highest BCUT2D eigenvalue weighted by Crippen LogP contribution is 2.32. The second-order valence-electron chi connectivity index (χ2n) is 8.46. The third-order valence-corrected chi connectivity index (χ3v) is 7.89. The summed E-state index contributed by atoms with van der Waals surface area (Å²) in [6.45, 7) is 5.00. The summed E-state index contributed by atoms with van der Waals surface area (Å²) in [5, 5.41) is 0. The van der Waals surface area contributed by atoms with Gasteiger partial charge in [-0.25, -0.2) is 12.7 Å². The predicted molar refractivity (Wildman–Crippen MR) is 133 cm³/mol. The summed E-state index contributed by atoms with van der Waals surface area (Å²) >= 11 is 0. The number of benzene rings is 2. The maximum atomic E-state index is 13.3. The van der Waals surface area contributed by atoms with E-state index < -0.39 is 22.1 Å². The summed E-state index contributed by atoms with van der Waals surface area (Å²) in [4.78, 5) is 27.5. The molecule has 1 atom stereocenters. The van der Waals surface area contributed by atoms with E-state index in [9.17, 15) is 18.0 Å². The Labute approximate surface area is 207 Å². The highest BCUT2D eigenvalue weighted by molar-refractivity contribution is 7.89. The van der Waals surface area contributed by atoms with Crippen LogP contribution >= 0.6 is 0 Å². The number of esters is 1. The average Bonchev–Trinajstić information content (AvgIpc) is 2.86. The van der Waals surface area contributed by atoms with Crippen molar-refractivity contribution in [2.24, 2.45) is 0 Å². The molecule has 1 aliphatic heterocycles. The third kappa shape index (κ3) is 6.52. The lowest BCUT2D eigenvalue weighted by Crippen LogP contribution is -2.51. The van der Waals surface area contributed by atoms with E-state index in [1.165, 1.54) is 11.2 Å². The van der Waals surface area contributed by atoms with Crippen LogP contribution in [0.25, 0.3) is 0 Å². The minimum absolute atomic E-state index is 0.186. The second kappa shape index (κ2) is 11.5. The van der Waals surface area contributed by atoms with Gasteiger partial charge in [-0.2, -0.15) is 0 Å². The number of nitrogens with zero attached hydrogens (tertiary/aromatic N) is 3. The molecule has 3 rings (SSSR count). The molecule has 0 aromatic heterocycles. The molecule has 0 radical (unpaired) electrons. The molecule has 1 fully saturated rings. The number of likely N-dealkylation sites (N-methyl/N-ethyl adjacent to an activating group) is 1. The first-order chi connectivity index (χ1) is 16.6. The van der Waals surface area contributed by atoms with Crippen molar-refractivity contribution >= 4 is 27.6 Å². The van der Waals surface area contributed by atoms with Crippen LogP contribution in [0, 0.1) is 0 Å². The Balaban J connectivity index is 1.71. The number of carbonyl (C=O) groups excluding carboxylic acids is 2. The van der Waals surface area contributed by atoms with Gasteiger partial charge in [0.1, 0.15) is 5.75 Å². The number of anilines is 1.